The van der Waals surface area contributed by atoms with Crippen molar-refractivity contribution in [3.63, 3.8) is 0 Å². The molecule has 5 aliphatic rings. The third kappa shape index (κ3) is 2.67. The summed E-state index contributed by atoms with van der Waals surface area (Å²) in [7, 11) is 0. The Morgan fingerprint density at radius 3 is 2.47 bits per heavy atom. The van der Waals surface area contributed by atoms with Gasteiger partial charge in [0.25, 0.3) is 5.91 Å². The zero-order chi connectivity index (χ0) is 23.2. The number of rotatable bonds is 2. The molecule has 2 heterocycles. The summed E-state index contributed by atoms with van der Waals surface area (Å²) in [6, 6.07) is -0.374. The average molecular weight is 434 g/mol. The van der Waals surface area contributed by atoms with E-state index in [-0.39, 0.29) is 45.8 Å². The second-order valence-corrected chi connectivity index (χ2v) is 11.3. The Labute approximate surface area is 191 Å². The number of Topliss-reactive ketones (excluding diaryl/α,β-unsaturated/α-hetero) is 1. The minimum atomic E-state index is -0.374. The Morgan fingerprint density at radius 2 is 1.78 bits per heavy atom. The third-order valence-corrected chi connectivity index (χ3v) is 9.38. The van der Waals surface area contributed by atoms with E-state index in [0.29, 0.717) is 30.7 Å². The lowest BCUT2D eigenvalue weighted by atomic mass is 9.51. The van der Waals surface area contributed by atoms with Crippen molar-refractivity contribution < 1.29 is 14.7 Å². The lowest BCUT2D eigenvalue weighted by Gasteiger charge is -2.52. The van der Waals surface area contributed by atoms with Gasteiger partial charge in [-0.05, 0) is 68.8 Å². The summed E-state index contributed by atoms with van der Waals surface area (Å²) in [5, 5.41) is 10.9. The minimum Gasteiger partial charge on any atom is -0.507 e. The van der Waals surface area contributed by atoms with E-state index < -0.39 is 0 Å². The minimum absolute atomic E-state index is 0.0253. The molecule has 4 heteroatoms. The molecule has 7 atom stereocenters. The van der Waals surface area contributed by atoms with Crippen molar-refractivity contribution in [1.82, 2.24) is 4.90 Å². The fraction of sp³-hybridized carbons (Fsp3) is 0.571. The molecule has 1 unspecified atom stereocenters. The summed E-state index contributed by atoms with van der Waals surface area (Å²) in [6.45, 7) is 14.4. The van der Waals surface area contributed by atoms with Crippen molar-refractivity contribution in [2.24, 2.45) is 34.5 Å². The third-order valence-electron chi connectivity index (χ3n) is 9.38. The van der Waals surface area contributed by atoms with Gasteiger partial charge in [-0.15, -0.1) is 0 Å². The van der Waals surface area contributed by atoms with Crippen molar-refractivity contribution >= 4 is 11.7 Å². The van der Waals surface area contributed by atoms with Crippen LogP contribution in [0.1, 0.15) is 54.4 Å². The maximum atomic E-state index is 12.8. The van der Waals surface area contributed by atoms with Crippen LogP contribution in [0.3, 0.4) is 0 Å². The van der Waals surface area contributed by atoms with Crippen LogP contribution in [0.25, 0.3) is 0 Å². The highest BCUT2D eigenvalue weighted by molar-refractivity contribution is 6.27. The number of hydrogen-bond donors (Lipinski definition) is 1. The predicted octanol–water partition coefficient (Wildman–Crippen LogP) is 5.31. The van der Waals surface area contributed by atoms with Gasteiger partial charge < -0.3 is 10.0 Å². The molecular weight excluding hydrogens is 398 g/mol. The molecule has 0 spiro atoms. The van der Waals surface area contributed by atoms with E-state index in [1.54, 1.807) is 11.0 Å². The van der Waals surface area contributed by atoms with E-state index in [1.807, 2.05) is 0 Å². The van der Waals surface area contributed by atoms with Gasteiger partial charge >= 0.3 is 0 Å². The van der Waals surface area contributed by atoms with Crippen molar-refractivity contribution in [1.29, 1.82) is 0 Å². The van der Waals surface area contributed by atoms with Crippen molar-refractivity contribution in [2.45, 2.75) is 60.4 Å². The van der Waals surface area contributed by atoms with E-state index >= 15 is 0 Å². The summed E-state index contributed by atoms with van der Waals surface area (Å²) in [5.41, 5.74) is 4.10. The monoisotopic (exact) mass is 433 g/mol. The summed E-state index contributed by atoms with van der Waals surface area (Å²) in [6.07, 6.45) is 12.6. The summed E-state index contributed by atoms with van der Waals surface area (Å²) in [5.74, 6) is 0.657. The van der Waals surface area contributed by atoms with Crippen LogP contribution in [0.2, 0.25) is 0 Å². The number of ketones is 1. The molecule has 0 aromatic carbocycles. The molecule has 32 heavy (non-hydrogen) atoms. The number of carbonyl (C=O) groups excluding carboxylic acids is 2. The van der Waals surface area contributed by atoms with Crippen LogP contribution in [0, 0.1) is 34.5 Å². The summed E-state index contributed by atoms with van der Waals surface area (Å²) >= 11 is 0. The van der Waals surface area contributed by atoms with E-state index in [2.05, 4.69) is 65.8 Å². The SMILES string of the molecule is CC1=C[C@]2(C)[C@@H]3C(C)=C[C@@](C)(/C=C(/C)[C@@H]2C)[C@H](C=CC(O)=C2C(=O)C4CCCN4C2=O)[C@@H]13. The van der Waals surface area contributed by atoms with Gasteiger partial charge in [-0.2, -0.15) is 0 Å². The van der Waals surface area contributed by atoms with Crippen LogP contribution in [-0.2, 0) is 9.59 Å². The van der Waals surface area contributed by atoms with Crippen LogP contribution < -0.4 is 0 Å². The van der Waals surface area contributed by atoms with E-state index in [1.165, 1.54) is 16.7 Å². The van der Waals surface area contributed by atoms with Crippen molar-refractivity contribution in [3.8, 4) is 0 Å². The normalized spacial score (nSPS) is 46.1. The smallest absolute Gasteiger partial charge is 0.261 e. The number of hydrogen-bond acceptors (Lipinski definition) is 3. The standard InChI is InChI=1S/C28H35NO3/c1-15-12-27(5)13-17(3)24-22(16(2)14-28(24,6)18(15)4)19(27)9-10-21(30)23-25(31)20-8-7-11-29(20)26(23)32/h9-10,12-14,18-20,22,24,30H,7-8,11H2,1-6H3/b10-9?,15-12-,23-21?/t18-,19+,20?,22+,24+,27+,28-/m0/s1. The molecule has 3 aliphatic carbocycles. The lowest BCUT2D eigenvalue weighted by Crippen LogP contribution is -2.45. The van der Waals surface area contributed by atoms with Crippen LogP contribution in [-0.4, -0.2) is 34.3 Å². The summed E-state index contributed by atoms with van der Waals surface area (Å²) < 4.78 is 0. The van der Waals surface area contributed by atoms with Gasteiger partial charge in [0.1, 0.15) is 11.3 Å². The molecule has 4 nitrogen and oxygen atoms in total. The predicted molar refractivity (Wildman–Crippen MR) is 126 cm³/mol. The van der Waals surface area contributed by atoms with Gasteiger partial charge in [0.2, 0.25) is 0 Å². The first-order chi connectivity index (χ1) is 15.0. The molecular formula is C28H35NO3. The number of amides is 1. The number of fused-ring (bicyclic) bond motifs is 2. The van der Waals surface area contributed by atoms with Crippen LogP contribution in [0.4, 0.5) is 0 Å². The Balaban J connectivity index is 1.59. The van der Waals surface area contributed by atoms with Crippen LogP contribution in [0.15, 0.2) is 58.4 Å². The highest BCUT2D eigenvalue weighted by Gasteiger charge is 2.56. The molecule has 1 amide bonds. The maximum absolute atomic E-state index is 12.8. The fourth-order valence-corrected chi connectivity index (χ4v) is 7.83. The first-order valence-electron chi connectivity index (χ1n) is 12.0. The van der Waals surface area contributed by atoms with Crippen LogP contribution >= 0.6 is 0 Å². The van der Waals surface area contributed by atoms with Gasteiger partial charge in [-0.3, -0.25) is 9.59 Å². The highest BCUT2D eigenvalue weighted by atomic mass is 16.3. The van der Waals surface area contributed by atoms with E-state index in [0.717, 1.165) is 6.42 Å². The second kappa shape index (κ2) is 6.82. The summed E-state index contributed by atoms with van der Waals surface area (Å²) in [4.78, 5) is 27.2. The Hall–Kier alpha value is -2.36. The molecule has 170 valence electrons. The van der Waals surface area contributed by atoms with Crippen LogP contribution in [0.5, 0.6) is 0 Å². The molecule has 0 aromatic heterocycles. The van der Waals surface area contributed by atoms with E-state index in [4.69, 9.17) is 0 Å². The Morgan fingerprint density at radius 1 is 1.09 bits per heavy atom. The first-order valence-corrected chi connectivity index (χ1v) is 12.0. The largest absolute Gasteiger partial charge is 0.507 e. The number of nitrogens with zero attached hydrogens (tertiary/aromatic N) is 1. The molecule has 5 rings (SSSR count). The van der Waals surface area contributed by atoms with Gasteiger partial charge in [-0.25, -0.2) is 0 Å². The Bertz CT molecular complexity index is 1050. The van der Waals surface area contributed by atoms with Gasteiger partial charge in [0.05, 0.1) is 6.04 Å². The molecule has 2 aliphatic heterocycles. The first kappa shape index (κ1) is 21.5. The quantitative estimate of drug-likeness (QED) is 0.278. The van der Waals surface area contributed by atoms with E-state index in [9.17, 15) is 14.7 Å². The highest BCUT2D eigenvalue weighted by Crippen LogP contribution is 2.64. The van der Waals surface area contributed by atoms with Gasteiger partial charge in [-0.1, -0.05) is 61.8 Å². The topological polar surface area (TPSA) is 57.6 Å². The number of allylic oxidation sites excluding steroid dienone is 8. The second-order valence-electron chi connectivity index (χ2n) is 11.3. The Kier molecular flexibility index (Phi) is 4.58. The number of aliphatic hydroxyl groups excluding tert-OH is 1. The molecule has 2 saturated heterocycles. The molecule has 0 aromatic rings. The molecule has 1 N–H and O–H groups in total. The maximum Gasteiger partial charge on any atom is 0.261 e. The molecule has 2 bridgehead atoms. The van der Waals surface area contributed by atoms with Gasteiger partial charge in [0, 0.05) is 12.0 Å². The molecule has 0 saturated carbocycles. The average Bonchev–Trinajstić information content (AvgIpc) is 3.35. The fourth-order valence-electron chi connectivity index (χ4n) is 7.83. The zero-order valence-corrected chi connectivity index (χ0v) is 20.1. The molecule has 2 fully saturated rings. The van der Waals surface area contributed by atoms with Gasteiger partial charge in [0.15, 0.2) is 5.78 Å². The van der Waals surface area contributed by atoms with Crippen molar-refractivity contribution in [3.05, 3.63) is 58.4 Å². The number of carbonyl (C=O) groups is 2. The van der Waals surface area contributed by atoms with Crippen molar-refractivity contribution in [2.75, 3.05) is 6.54 Å². The molecule has 0 radical (unpaired) electrons. The zero-order valence-electron chi connectivity index (χ0n) is 20.1. The lowest BCUT2D eigenvalue weighted by molar-refractivity contribution is -0.125. The number of aliphatic hydroxyl groups is 1.